The van der Waals surface area contributed by atoms with Gasteiger partial charge < -0.3 is 15.5 Å². The van der Waals surface area contributed by atoms with E-state index in [1.807, 2.05) is 0 Å². The molecule has 1 fully saturated rings. The van der Waals surface area contributed by atoms with E-state index in [1.165, 1.54) is 12.5 Å². The van der Waals surface area contributed by atoms with Crippen LogP contribution in [0.2, 0.25) is 0 Å². The lowest BCUT2D eigenvalue weighted by Crippen LogP contribution is -2.41. The van der Waals surface area contributed by atoms with Crippen molar-refractivity contribution in [3.05, 3.63) is 29.8 Å². The average molecular weight is 319 g/mol. The van der Waals surface area contributed by atoms with Gasteiger partial charge in [0.15, 0.2) is 0 Å². The molecule has 4 heteroatoms. The Morgan fingerprint density at radius 1 is 1.30 bits per heavy atom. The number of para-hydroxylation sites is 1. The first-order valence-corrected chi connectivity index (χ1v) is 8.63. The van der Waals surface area contributed by atoms with Crippen molar-refractivity contribution < 1.29 is 15.0 Å². The van der Waals surface area contributed by atoms with E-state index in [4.69, 9.17) is 0 Å². The standard InChI is InChI=1S/C19H29NO3/c1-12(2)14-9-8-13(3)10-16(14)19(23)20-11-18(22)15-6-4-5-7-17(15)21/h4-7,12-14,16,18,21-22H,8-11H2,1-3H3,(H,20,23)/t13?,14-,16+,18?/m0/s1. The topological polar surface area (TPSA) is 69.6 Å². The lowest BCUT2D eigenvalue weighted by molar-refractivity contribution is -0.129. The molecule has 1 aliphatic rings. The van der Waals surface area contributed by atoms with Gasteiger partial charge in [-0.25, -0.2) is 0 Å². The highest BCUT2D eigenvalue weighted by Gasteiger charge is 2.35. The van der Waals surface area contributed by atoms with Crippen LogP contribution in [-0.4, -0.2) is 22.7 Å². The van der Waals surface area contributed by atoms with Gasteiger partial charge in [0.25, 0.3) is 0 Å². The number of carbonyl (C=O) groups excluding carboxylic acids is 1. The smallest absolute Gasteiger partial charge is 0.223 e. The van der Waals surface area contributed by atoms with Crippen molar-refractivity contribution in [3.8, 4) is 5.75 Å². The molecule has 0 aromatic heterocycles. The van der Waals surface area contributed by atoms with Crippen molar-refractivity contribution in [2.75, 3.05) is 6.54 Å². The third-order valence-electron chi connectivity index (χ3n) is 5.12. The first kappa shape index (κ1) is 17.8. The van der Waals surface area contributed by atoms with Crippen LogP contribution in [0, 0.1) is 23.7 Å². The van der Waals surface area contributed by atoms with Crippen LogP contribution in [0.5, 0.6) is 5.75 Å². The molecule has 4 atom stereocenters. The molecule has 1 saturated carbocycles. The van der Waals surface area contributed by atoms with E-state index < -0.39 is 6.10 Å². The van der Waals surface area contributed by atoms with Crippen LogP contribution in [-0.2, 0) is 4.79 Å². The summed E-state index contributed by atoms with van der Waals surface area (Å²) in [6.45, 7) is 6.69. The molecular weight excluding hydrogens is 290 g/mol. The highest BCUT2D eigenvalue weighted by atomic mass is 16.3. The SMILES string of the molecule is CC1CC[C@@H](C(C)C)[C@H](C(=O)NCC(O)c2ccccc2O)C1. The first-order valence-electron chi connectivity index (χ1n) is 8.63. The molecule has 3 N–H and O–H groups in total. The van der Waals surface area contributed by atoms with Crippen LogP contribution in [0.15, 0.2) is 24.3 Å². The van der Waals surface area contributed by atoms with Gasteiger partial charge in [-0.1, -0.05) is 45.4 Å². The normalized spacial score (nSPS) is 26.0. The van der Waals surface area contributed by atoms with Gasteiger partial charge >= 0.3 is 0 Å². The second-order valence-electron chi connectivity index (χ2n) is 7.25. The summed E-state index contributed by atoms with van der Waals surface area (Å²) in [5.41, 5.74) is 0.449. The van der Waals surface area contributed by atoms with Gasteiger partial charge in [-0.05, 0) is 36.7 Å². The highest BCUT2D eigenvalue weighted by molar-refractivity contribution is 5.79. The summed E-state index contributed by atoms with van der Waals surface area (Å²) in [4.78, 5) is 12.6. The second kappa shape index (κ2) is 7.82. The molecule has 0 aliphatic heterocycles. The van der Waals surface area contributed by atoms with Gasteiger partial charge in [-0.3, -0.25) is 4.79 Å². The van der Waals surface area contributed by atoms with Crippen molar-refractivity contribution in [2.24, 2.45) is 23.7 Å². The minimum absolute atomic E-state index is 0.0234. The lowest BCUT2D eigenvalue weighted by atomic mass is 9.70. The van der Waals surface area contributed by atoms with E-state index in [2.05, 4.69) is 26.1 Å². The fourth-order valence-electron chi connectivity index (χ4n) is 3.71. The molecule has 0 bridgehead atoms. The molecule has 1 aromatic carbocycles. The number of benzene rings is 1. The van der Waals surface area contributed by atoms with Crippen LogP contribution < -0.4 is 5.32 Å². The number of phenolic OH excluding ortho intramolecular Hbond substituents is 1. The van der Waals surface area contributed by atoms with Crippen LogP contribution >= 0.6 is 0 Å². The maximum atomic E-state index is 12.6. The molecule has 0 saturated heterocycles. The molecule has 128 valence electrons. The number of rotatable bonds is 5. The zero-order valence-corrected chi connectivity index (χ0v) is 14.3. The predicted molar refractivity (Wildman–Crippen MR) is 90.9 cm³/mol. The highest BCUT2D eigenvalue weighted by Crippen LogP contribution is 2.38. The van der Waals surface area contributed by atoms with Gasteiger partial charge in [0.05, 0.1) is 6.10 Å². The van der Waals surface area contributed by atoms with Gasteiger partial charge in [0.2, 0.25) is 5.91 Å². The Morgan fingerprint density at radius 3 is 2.65 bits per heavy atom. The zero-order valence-electron chi connectivity index (χ0n) is 14.3. The Kier molecular flexibility index (Phi) is 6.05. The number of hydrogen-bond donors (Lipinski definition) is 3. The van der Waals surface area contributed by atoms with Crippen molar-refractivity contribution in [1.29, 1.82) is 0 Å². The summed E-state index contributed by atoms with van der Waals surface area (Å²) in [5, 5.41) is 22.9. The Bertz CT molecular complexity index is 529. The molecule has 23 heavy (non-hydrogen) atoms. The Morgan fingerprint density at radius 2 is 2.00 bits per heavy atom. The third kappa shape index (κ3) is 4.47. The number of nitrogens with one attached hydrogen (secondary N) is 1. The number of aromatic hydroxyl groups is 1. The molecule has 2 rings (SSSR count). The van der Waals surface area contributed by atoms with Crippen molar-refractivity contribution in [2.45, 2.75) is 46.1 Å². The Hall–Kier alpha value is -1.55. The second-order valence-corrected chi connectivity index (χ2v) is 7.25. The lowest BCUT2D eigenvalue weighted by Gasteiger charge is -2.36. The molecule has 0 spiro atoms. The van der Waals surface area contributed by atoms with Crippen molar-refractivity contribution >= 4 is 5.91 Å². The van der Waals surface area contributed by atoms with Gasteiger partial charge in [0.1, 0.15) is 5.75 Å². The molecular formula is C19H29NO3. The van der Waals surface area contributed by atoms with E-state index in [0.29, 0.717) is 23.3 Å². The Balaban J connectivity index is 1.96. The summed E-state index contributed by atoms with van der Waals surface area (Å²) in [6.07, 6.45) is 2.31. The van der Waals surface area contributed by atoms with E-state index in [1.54, 1.807) is 18.2 Å². The number of aliphatic hydroxyl groups is 1. The quantitative estimate of drug-likeness (QED) is 0.780. The molecule has 4 nitrogen and oxygen atoms in total. The van der Waals surface area contributed by atoms with Gasteiger partial charge in [-0.2, -0.15) is 0 Å². The van der Waals surface area contributed by atoms with Crippen LogP contribution in [0.25, 0.3) is 0 Å². The summed E-state index contributed by atoms with van der Waals surface area (Å²) in [7, 11) is 0. The fourth-order valence-corrected chi connectivity index (χ4v) is 3.71. The van der Waals surface area contributed by atoms with Crippen molar-refractivity contribution in [1.82, 2.24) is 5.32 Å². The maximum Gasteiger partial charge on any atom is 0.223 e. The monoisotopic (exact) mass is 319 g/mol. The third-order valence-corrected chi connectivity index (χ3v) is 5.12. The van der Waals surface area contributed by atoms with Crippen LogP contribution in [0.3, 0.4) is 0 Å². The van der Waals surface area contributed by atoms with Crippen LogP contribution in [0.4, 0.5) is 0 Å². The fraction of sp³-hybridized carbons (Fsp3) is 0.632. The number of amides is 1. The maximum absolute atomic E-state index is 12.6. The number of phenols is 1. The molecule has 0 radical (unpaired) electrons. The summed E-state index contributed by atoms with van der Waals surface area (Å²) in [5.74, 6) is 1.58. The molecule has 1 aliphatic carbocycles. The molecule has 1 amide bonds. The van der Waals surface area contributed by atoms with E-state index >= 15 is 0 Å². The van der Waals surface area contributed by atoms with E-state index in [9.17, 15) is 15.0 Å². The molecule has 2 unspecified atom stereocenters. The number of carbonyl (C=O) groups is 1. The summed E-state index contributed by atoms with van der Waals surface area (Å²) >= 11 is 0. The van der Waals surface area contributed by atoms with Gasteiger partial charge in [-0.15, -0.1) is 0 Å². The average Bonchev–Trinajstić information content (AvgIpc) is 2.52. The Labute approximate surface area is 138 Å². The largest absolute Gasteiger partial charge is 0.508 e. The minimum Gasteiger partial charge on any atom is -0.508 e. The summed E-state index contributed by atoms with van der Waals surface area (Å²) in [6, 6.07) is 6.68. The number of hydrogen-bond acceptors (Lipinski definition) is 3. The number of aliphatic hydroxyl groups excluding tert-OH is 1. The molecule has 1 aromatic rings. The first-order chi connectivity index (χ1) is 10.9. The van der Waals surface area contributed by atoms with Crippen LogP contribution in [0.1, 0.15) is 51.7 Å². The van der Waals surface area contributed by atoms with E-state index in [0.717, 1.165) is 12.8 Å². The predicted octanol–water partition coefficient (Wildman–Crippen LogP) is 3.25. The summed E-state index contributed by atoms with van der Waals surface area (Å²) < 4.78 is 0. The van der Waals surface area contributed by atoms with Crippen molar-refractivity contribution in [3.63, 3.8) is 0 Å². The van der Waals surface area contributed by atoms with Gasteiger partial charge in [0, 0.05) is 18.0 Å². The minimum atomic E-state index is -0.890. The van der Waals surface area contributed by atoms with E-state index in [-0.39, 0.29) is 24.1 Å². The zero-order chi connectivity index (χ0) is 17.0. The molecule has 0 heterocycles.